The van der Waals surface area contributed by atoms with Gasteiger partial charge < -0.3 is 4.84 Å². The summed E-state index contributed by atoms with van der Waals surface area (Å²) in [5.41, 5.74) is 0.595. The molecule has 0 aromatic heterocycles. The Balaban J connectivity index is 1.96. The summed E-state index contributed by atoms with van der Waals surface area (Å²) < 4.78 is 12.6. The summed E-state index contributed by atoms with van der Waals surface area (Å²) >= 11 is 0. The van der Waals surface area contributed by atoms with Crippen LogP contribution >= 0.6 is 0 Å². The first-order valence-corrected chi connectivity index (χ1v) is 5.57. The van der Waals surface area contributed by atoms with E-state index < -0.39 is 17.8 Å². The van der Waals surface area contributed by atoms with Crippen molar-refractivity contribution < 1.29 is 23.6 Å². The number of carbonyl (C=O) groups excluding carboxylic acids is 3. The van der Waals surface area contributed by atoms with Crippen LogP contribution in [-0.2, 0) is 19.2 Å². The molecule has 0 saturated carbocycles. The molecule has 98 valence electrons. The fourth-order valence-corrected chi connectivity index (χ4v) is 1.52. The van der Waals surface area contributed by atoms with Crippen molar-refractivity contribution in [1.82, 2.24) is 5.06 Å². The van der Waals surface area contributed by atoms with Crippen molar-refractivity contribution in [2.75, 3.05) is 0 Å². The number of halogens is 1. The van der Waals surface area contributed by atoms with Crippen molar-refractivity contribution in [3.05, 3.63) is 41.7 Å². The van der Waals surface area contributed by atoms with Gasteiger partial charge in [-0.3, -0.25) is 9.59 Å². The highest BCUT2D eigenvalue weighted by atomic mass is 19.1. The first-order valence-electron chi connectivity index (χ1n) is 5.57. The second-order valence-corrected chi connectivity index (χ2v) is 3.88. The second-order valence-electron chi connectivity index (χ2n) is 3.88. The molecule has 0 atom stereocenters. The highest BCUT2D eigenvalue weighted by Gasteiger charge is 2.32. The van der Waals surface area contributed by atoms with Crippen LogP contribution in [0.3, 0.4) is 0 Å². The number of imide groups is 1. The van der Waals surface area contributed by atoms with Crippen molar-refractivity contribution in [3.8, 4) is 0 Å². The van der Waals surface area contributed by atoms with Crippen LogP contribution in [0.25, 0.3) is 6.08 Å². The van der Waals surface area contributed by atoms with Gasteiger partial charge in [-0.15, -0.1) is 5.06 Å². The molecule has 1 heterocycles. The number of carbonyl (C=O) groups is 3. The van der Waals surface area contributed by atoms with Crippen LogP contribution in [0.1, 0.15) is 18.4 Å². The number of hydrogen-bond donors (Lipinski definition) is 0. The summed E-state index contributed by atoms with van der Waals surface area (Å²) in [6.45, 7) is 0. The lowest BCUT2D eigenvalue weighted by molar-refractivity contribution is -0.193. The molecule has 0 unspecified atom stereocenters. The average Bonchev–Trinajstić information content (AvgIpc) is 2.70. The number of hydroxylamine groups is 2. The zero-order valence-corrected chi connectivity index (χ0v) is 9.84. The summed E-state index contributed by atoms with van der Waals surface area (Å²) in [4.78, 5) is 38.4. The van der Waals surface area contributed by atoms with Gasteiger partial charge in [0.25, 0.3) is 11.8 Å². The maximum Gasteiger partial charge on any atom is 0.356 e. The topological polar surface area (TPSA) is 63.7 Å². The molecule has 0 N–H and O–H groups in total. The molecule has 1 fully saturated rings. The number of amides is 2. The van der Waals surface area contributed by atoms with Gasteiger partial charge in [0.2, 0.25) is 0 Å². The van der Waals surface area contributed by atoms with Gasteiger partial charge in [0.05, 0.1) is 0 Å². The molecule has 5 nitrogen and oxygen atoms in total. The van der Waals surface area contributed by atoms with Gasteiger partial charge in [-0.25, -0.2) is 9.18 Å². The van der Waals surface area contributed by atoms with Crippen LogP contribution in [0.5, 0.6) is 0 Å². The summed E-state index contributed by atoms with van der Waals surface area (Å²) in [6, 6.07) is 5.45. The molecule has 2 rings (SSSR count). The zero-order chi connectivity index (χ0) is 13.8. The minimum atomic E-state index is -0.840. The third-order valence-electron chi connectivity index (χ3n) is 2.47. The van der Waals surface area contributed by atoms with Gasteiger partial charge >= 0.3 is 5.97 Å². The van der Waals surface area contributed by atoms with Crippen LogP contribution in [0.4, 0.5) is 4.39 Å². The molecule has 19 heavy (non-hydrogen) atoms. The highest BCUT2D eigenvalue weighted by Crippen LogP contribution is 2.12. The SMILES string of the molecule is O=C(/C=C/c1ccc(F)cc1)ON1C(=O)CCC1=O. The molecular formula is C13H10FNO4. The van der Waals surface area contributed by atoms with E-state index in [9.17, 15) is 18.8 Å². The third-order valence-corrected chi connectivity index (χ3v) is 2.47. The number of nitrogens with zero attached hydrogens (tertiary/aromatic N) is 1. The van der Waals surface area contributed by atoms with E-state index in [0.717, 1.165) is 6.08 Å². The van der Waals surface area contributed by atoms with E-state index in [2.05, 4.69) is 4.84 Å². The monoisotopic (exact) mass is 263 g/mol. The molecular weight excluding hydrogens is 253 g/mol. The minimum absolute atomic E-state index is 0.0494. The summed E-state index contributed by atoms with van der Waals surface area (Å²) in [6.07, 6.45) is 2.56. The van der Waals surface area contributed by atoms with E-state index in [0.29, 0.717) is 10.6 Å². The Hall–Kier alpha value is -2.50. The van der Waals surface area contributed by atoms with E-state index in [-0.39, 0.29) is 18.7 Å². The normalized spacial score (nSPS) is 15.3. The number of rotatable bonds is 3. The molecule has 6 heteroatoms. The largest absolute Gasteiger partial charge is 0.356 e. The maximum atomic E-state index is 12.6. The van der Waals surface area contributed by atoms with Crippen molar-refractivity contribution in [1.29, 1.82) is 0 Å². The molecule has 1 aliphatic rings. The molecule has 0 aliphatic carbocycles. The molecule has 1 saturated heterocycles. The molecule has 0 radical (unpaired) electrons. The average molecular weight is 263 g/mol. The molecule has 0 spiro atoms. The van der Waals surface area contributed by atoms with Gasteiger partial charge in [-0.05, 0) is 23.8 Å². The Labute approximate surface area is 108 Å². The second kappa shape index (κ2) is 5.43. The molecule has 1 aromatic rings. The van der Waals surface area contributed by atoms with E-state index in [1.54, 1.807) is 0 Å². The molecule has 1 aromatic carbocycles. The van der Waals surface area contributed by atoms with Gasteiger partial charge in [-0.2, -0.15) is 0 Å². The number of benzene rings is 1. The molecule has 0 bridgehead atoms. The molecule has 2 amide bonds. The fraction of sp³-hybridized carbons (Fsp3) is 0.154. The van der Waals surface area contributed by atoms with Crippen molar-refractivity contribution in [3.63, 3.8) is 0 Å². The Kier molecular flexibility index (Phi) is 3.70. The zero-order valence-electron chi connectivity index (χ0n) is 9.84. The first kappa shape index (κ1) is 12.9. The predicted molar refractivity (Wildman–Crippen MR) is 62.6 cm³/mol. The fourth-order valence-electron chi connectivity index (χ4n) is 1.52. The smallest absolute Gasteiger partial charge is 0.326 e. The first-order chi connectivity index (χ1) is 9.06. The van der Waals surface area contributed by atoms with Crippen LogP contribution in [-0.4, -0.2) is 22.8 Å². The minimum Gasteiger partial charge on any atom is -0.326 e. The Morgan fingerprint density at radius 2 is 1.74 bits per heavy atom. The van der Waals surface area contributed by atoms with Crippen molar-refractivity contribution in [2.24, 2.45) is 0 Å². The lowest BCUT2D eigenvalue weighted by Crippen LogP contribution is -2.31. The lowest BCUT2D eigenvalue weighted by Gasteiger charge is -2.10. The summed E-state index contributed by atoms with van der Waals surface area (Å²) in [5, 5.41) is 0.470. The predicted octanol–water partition coefficient (Wildman–Crippen LogP) is 1.45. The standard InChI is InChI=1S/C13H10FNO4/c14-10-4-1-9(2-5-10)3-8-13(18)19-15-11(16)6-7-12(15)17/h1-5,8H,6-7H2/b8-3+. The quantitative estimate of drug-likeness (QED) is 0.611. The Bertz CT molecular complexity index is 534. The van der Waals surface area contributed by atoms with Gasteiger partial charge in [-0.1, -0.05) is 12.1 Å². The van der Waals surface area contributed by atoms with Gasteiger partial charge in [0.15, 0.2) is 0 Å². The van der Waals surface area contributed by atoms with Gasteiger partial charge in [0.1, 0.15) is 5.82 Å². The van der Waals surface area contributed by atoms with Crippen LogP contribution in [0.2, 0.25) is 0 Å². The van der Waals surface area contributed by atoms with Crippen LogP contribution in [0, 0.1) is 5.82 Å². The third kappa shape index (κ3) is 3.25. The van der Waals surface area contributed by atoms with Crippen LogP contribution < -0.4 is 0 Å². The highest BCUT2D eigenvalue weighted by molar-refractivity contribution is 6.02. The van der Waals surface area contributed by atoms with E-state index in [1.807, 2.05) is 0 Å². The van der Waals surface area contributed by atoms with E-state index >= 15 is 0 Å². The summed E-state index contributed by atoms with van der Waals surface area (Å²) in [5.74, 6) is -2.29. The van der Waals surface area contributed by atoms with E-state index in [4.69, 9.17) is 0 Å². The van der Waals surface area contributed by atoms with Crippen molar-refractivity contribution in [2.45, 2.75) is 12.8 Å². The summed E-state index contributed by atoms with van der Waals surface area (Å²) in [7, 11) is 0. The maximum absolute atomic E-state index is 12.6. The lowest BCUT2D eigenvalue weighted by atomic mass is 10.2. The number of hydrogen-bond acceptors (Lipinski definition) is 4. The Morgan fingerprint density at radius 3 is 2.32 bits per heavy atom. The van der Waals surface area contributed by atoms with Gasteiger partial charge in [0, 0.05) is 18.9 Å². The van der Waals surface area contributed by atoms with Crippen molar-refractivity contribution >= 4 is 23.9 Å². The van der Waals surface area contributed by atoms with Crippen LogP contribution in [0.15, 0.2) is 30.3 Å². The Morgan fingerprint density at radius 1 is 1.16 bits per heavy atom. The molecule has 1 aliphatic heterocycles. The van der Waals surface area contributed by atoms with E-state index in [1.165, 1.54) is 30.3 Å².